The van der Waals surface area contributed by atoms with Crippen molar-refractivity contribution in [1.82, 2.24) is 0 Å². The van der Waals surface area contributed by atoms with E-state index < -0.39 is 23.9 Å². The van der Waals surface area contributed by atoms with Crippen molar-refractivity contribution in [2.45, 2.75) is 43.1 Å². The van der Waals surface area contributed by atoms with Crippen molar-refractivity contribution in [2.75, 3.05) is 6.26 Å². The maximum absolute atomic E-state index is 9.48. The first-order valence-corrected chi connectivity index (χ1v) is 6.06. The molecule has 4 unspecified atom stereocenters. The second kappa shape index (κ2) is 6.87. The summed E-state index contributed by atoms with van der Waals surface area (Å²) in [5.74, 6) is 0. The predicted molar refractivity (Wildman–Crippen MR) is 59.4 cm³/mol. The van der Waals surface area contributed by atoms with Gasteiger partial charge in [-0.25, -0.2) is 0 Å². The van der Waals surface area contributed by atoms with Crippen LogP contribution >= 0.6 is 23.4 Å². The van der Waals surface area contributed by atoms with Crippen molar-refractivity contribution in [2.24, 2.45) is 5.73 Å². The van der Waals surface area contributed by atoms with Crippen LogP contribution in [0.3, 0.4) is 0 Å². The number of alkyl halides is 1. The van der Waals surface area contributed by atoms with E-state index >= 15 is 0 Å². The second-order valence-corrected chi connectivity index (χ2v) is 4.75. The van der Waals surface area contributed by atoms with Crippen molar-refractivity contribution in [3.8, 4) is 0 Å². The van der Waals surface area contributed by atoms with Crippen molar-refractivity contribution < 1.29 is 14.9 Å². The molecule has 0 fully saturated rings. The molecule has 0 saturated carbocycles. The lowest BCUT2D eigenvalue weighted by atomic mass is 10.2. The molecule has 0 aliphatic rings. The Kier molecular flexibility index (Phi) is 7.11. The fraction of sp³-hybridized carbons (Fsp3) is 1.00. The zero-order valence-corrected chi connectivity index (χ0v) is 10.1. The fourth-order valence-electron chi connectivity index (χ4n) is 0.821. The van der Waals surface area contributed by atoms with E-state index in [0.717, 1.165) is 0 Å². The van der Waals surface area contributed by atoms with Gasteiger partial charge in [0.1, 0.15) is 5.44 Å². The topological polar surface area (TPSA) is 75.7 Å². The standard InChI is InChI=1S/C8H18ClNO3S/c1-4(9)6(10)7(12)13-8(14-3)5(2)11/h4-8,11-12H,10H2,1-3H3/t4?,5?,6?,7-,8?/m1/s1. The third kappa shape index (κ3) is 4.82. The van der Waals surface area contributed by atoms with Crippen LogP contribution in [0.5, 0.6) is 0 Å². The van der Waals surface area contributed by atoms with E-state index in [9.17, 15) is 10.2 Å². The molecule has 0 aromatic heterocycles. The SMILES string of the molecule is CSC(O[C@@H](O)C(N)C(C)Cl)C(C)O. The normalized spacial score (nSPS) is 22.5. The zero-order valence-electron chi connectivity index (χ0n) is 8.55. The summed E-state index contributed by atoms with van der Waals surface area (Å²) in [6, 6.07) is -0.662. The zero-order chi connectivity index (χ0) is 11.3. The van der Waals surface area contributed by atoms with Gasteiger partial charge in [-0.1, -0.05) is 0 Å². The minimum absolute atomic E-state index is 0.387. The predicted octanol–water partition coefficient (Wildman–Crippen LogP) is 0.346. The number of aliphatic hydroxyl groups excluding tert-OH is 2. The third-order valence-electron chi connectivity index (χ3n) is 1.76. The lowest BCUT2D eigenvalue weighted by Gasteiger charge is -2.26. The Balaban J connectivity index is 4.08. The van der Waals surface area contributed by atoms with Gasteiger partial charge in [0, 0.05) is 0 Å². The van der Waals surface area contributed by atoms with E-state index in [1.165, 1.54) is 11.8 Å². The Morgan fingerprint density at radius 3 is 2.14 bits per heavy atom. The fourth-order valence-corrected chi connectivity index (χ4v) is 1.56. The van der Waals surface area contributed by atoms with Crippen molar-refractivity contribution in [3.05, 3.63) is 0 Å². The summed E-state index contributed by atoms with van der Waals surface area (Å²) < 4.78 is 5.14. The van der Waals surface area contributed by atoms with Gasteiger partial charge in [0.25, 0.3) is 0 Å². The maximum atomic E-state index is 9.48. The highest BCUT2D eigenvalue weighted by Crippen LogP contribution is 2.16. The molecule has 4 N–H and O–H groups in total. The van der Waals surface area contributed by atoms with Crippen LogP contribution in [0.2, 0.25) is 0 Å². The Hall–Kier alpha value is 0.480. The van der Waals surface area contributed by atoms with E-state index in [0.29, 0.717) is 0 Å². The lowest BCUT2D eigenvalue weighted by Crippen LogP contribution is -2.45. The molecule has 0 bridgehead atoms. The van der Waals surface area contributed by atoms with E-state index in [1.807, 2.05) is 0 Å². The monoisotopic (exact) mass is 243 g/mol. The van der Waals surface area contributed by atoms with Gasteiger partial charge in [0.2, 0.25) is 0 Å². The van der Waals surface area contributed by atoms with Crippen molar-refractivity contribution >= 4 is 23.4 Å². The molecule has 0 aromatic carbocycles. The number of halogens is 1. The molecule has 0 aliphatic carbocycles. The Labute approximate surface area is 93.8 Å². The summed E-state index contributed by atoms with van der Waals surface area (Å²) in [4.78, 5) is 0. The second-order valence-electron chi connectivity index (χ2n) is 3.13. The summed E-state index contributed by atoms with van der Waals surface area (Å²) in [6.45, 7) is 3.26. The van der Waals surface area contributed by atoms with Gasteiger partial charge in [-0.2, -0.15) is 0 Å². The molecular weight excluding hydrogens is 226 g/mol. The van der Waals surface area contributed by atoms with Gasteiger partial charge >= 0.3 is 0 Å². The number of rotatable bonds is 6. The highest BCUT2D eigenvalue weighted by molar-refractivity contribution is 7.99. The Morgan fingerprint density at radius 1 is 1.36 bits per heavy atom. The minimum atomic E-state index is -1.16. The molecule has 0 saturated heterocycles. The van der Waals surface area contributed by atoms with Crippen molar-refractivity contribution in [3.63, 3.8) is 0 Å². The van der Waals surface area contributed by atoms with Gasteiger partial charge in [0.05, 0.1) is 17.5 Å². The van der Waals surface area contributed by atoms with Crippen LogP contribution in [0, 0.1) is 0 Å². The molecule has 0 aliphatic heterocycles. The first kappa shape index (κ1) is 14.5. The summed E-state index contributed by atoms with van der Waals surface area (Å²) in [7, 11) is 0. The highest BCUT2D eigenvalue weighted by atomic mass is 35.5. The van der Waals surface area contributed by atoms with Crippen molar-refractivity contribution in [1.29, 1.82) is 0 Å². The van der Waals surface area contributed by atoms with Crippen LogP contribution in [-0.2, 0) is 4.74 Å². The molecule has 5 atom stereocenters. The molecule has 0 heterocycles. The highest BCUT2D eigenvalue weighted by Gasteiger charge is 2.25. The molecule has 0 radical (unpaired) electrons. The van der Waals surface area contributed by atoms with E-state index in [1.54, 1.807) is 20.1 Å². The molecule has 0 aromatic rings. The molecule has 14 heavy (non-hydrogen) atoms. The first-order chi connectivity index (χ1) is 6.40. The van der Waals surface area contributed by atoms with Gasteiger partial charge in [-0.15, -0.1) is 23.4 Å². The van der Waals surface area contributed by atoms with E-state index in [-0.39, 0.29) is 5.38 Å². The maximum Gasteiger partial charge on any atom is 0.172 e. The van der Waals surface area contributed by atoms with Gasteiger partial charge in [0.15, 0.2) is 6.29 Å². The summed E-state index contributed by atoms with van der Waals surface area (Å²) in [5, 5.41) is 18.3. The lowest BCUT2D eigenvalue weighted by molar-refractivity contribution is -0.143. The molecule has 6 heteroatoms. The Morgan fingerprint density at radius 2 is 1.86 bits per heavy atom. The summed E-state index contributed by atoms with van der Waals surface area (Å²) >= 11 is 7.00. The smallest absolute Gasteiger partial charge is 0.172 e. The van der Waals surface area contributed by atoms with Crippen LogP contribution < -0.4 is 5.73 Å². The first-order valence-electron chi connectivity index (χ1n) is 4.34. The number of ether oxygens (including phenoxy) is 1. The third-order valence-corrected chi connectivity index (χ3v) is 3.02. The number of hydrogen-bond acceptors (Lipinski definition) is 5. The van der Waals surface area contributed by atoms with Crippen LogP contribution in [0.4, 0.5) is 0 Å². The quantitative estimate of drug-likeness (QED) is 0.464. The van der Waals surface area contributed by atoms with Gasteiger partial charge < -0.3 is 20.7 Å². The summed E-state index contributed by atoms with van der Waals surface area (Å²) in [5.41, 5.74) is 5.07. The van der Waals surface area contributed by atoms with Crippen LogP contribution in [-0.4, -0.2) is 45.7 Å². The van der Waals surface area contributed by atoms with Crippen LogP contribution in [0.15, 0.2) is 0 Å². The van der Waals surface area contributed by atoms with Gasteiger partial charge in [-0.05, 0) is 20.1 Å². The molecule has 4 nitrogen and oxygen atoms in total. The summed E-state index contributed by atoms with van der Waals surface area (Å²) in [6.07, 6.45) is -0.0493. The number of thioether (sulfide) groups is 1. The van der Waals surface area contributed by atoms with Crippen LogP contribution in [0.1, 0.15) is 13.8 Å². The average molecular weight is 244 g/mol. The number of aliphatic hydroxyl groups is 2. The molecule has 0 amide bonds. The average Bonchev–Trinajstić information content (AvgIpc) is 2.11. The molecule has 0 spiro atoms. The largest absolute Gasteiger partial charge is 0.390 e. The molecule has 86 valence electrons. The van der Waals surface area contributed by atoms with E-state index in [2.05, 4.69) is 0 Å². The van der Waals surface area contributed by atoms with Crippen LogP contribution in [0.25, 0.3) is 0 Å². The Bertz CT molecular complexity index is 160. The number of hydrogen-bond donors (Lipinski definition) is 3. The van der Waals surface area contributed by atoms with E-state index in [4.69, 9.17) is 22.1 Å². The van der Waals surface area contributed by atoms with Gasteiger partial charge in [-0.3, -0.25) is 0 Å². The molecule has 0 rings (SSSR count). The molecular formula is C8H18ClNO3S. The number of nitrogens with two attached hydrogens (primary N) is 1. The minimum Gasteiger partial charge on any atom is -0.390 e.